The number of nitrogens with one attached hydrogen (secondary N) is 1. The van der Waals surface area contributed by atoms with Gasteiger partial charge in [-0.2, -0.15) is 0 Å². The van der Waals surface area contributed by atoms with Crippen LogP contribution in [0.2, 0.25) is 0 Å². The van der Waals surface area contributed by atoms with Crippen molar-refractivity contribution in [3.8, 4) is 11.1 Å². The van der Waals surface area contributed by atoms with Crippen LogP contribution < -0.4 is 5.32 Å². The van der Waals surface area contributed by atoms with Gasteiger partial charge in [-0.05, 0) is 74.4 Å². The van der Waals surface area contributed by atoms with Crippen LogP contribution >= 0.6 is 0 Å². The van der Waals surface area contributed by atoms with E-state index in [0.717, 1.165) is 47.1 Å². The van der Waals surface area contributed by atoms with Gasteiger partial charge < -0.3 is 10.4 Å². The topological polar surface area (TPSA) is 92.4 Å². The molecule has 2 saturated carbocycles. The monoisotopic (exact) mass is 539 g/mol. The molecule has 0 unspecified atom stereocenters. The third-order valence-electron chi connectivity index (χ3n) is 8.40. The Morgan fingerprint density at radius 1 is 0.975 bits per heavy atom. The summed E-state index contributed by atoms with van der Waals surface area (Å²) in [6, 6.07) is 12.0. The molecule has 40 heavy (non-hydrogen) atoms. The van der Waals surface area contributed by atoms with Gasteiger partial charge in [0.2, 0.25) is 5.78 Å². The van der Waals surface area contributed by atoms with E-state index >= 15 is 8.78 Å². The van der Waals surface area contributed by atoms with Gasteiger partial charge in [-0.1, -0.05) is 12.1 Å². The lowest BCUT2D eigenvalue weighted by Crippen LogP contribution is -2.39. The number of carbonyl (C=O) groups excluding carboxylic acids is 1. The summed E-state index contributed by atoms with van der Waals surface area (Å²) >= 11 is 0. The molecular weight excluding hydrogens is 512 g/mol. The lowest BCUT2D eigenvalue weighted by atomic mass is 9.91. The van der Waals surface area contributed by atoms with Gasteiger partial charge in [-0.15, -0.1) is 0 Å². The molecular formula is C31H27F2N5O2. The Morgan fingerprint density at radius 2 is 1.77 bits per heavy atom. The second-order valence-electron chi connectivity index (χ2n) is 10.9. The van der Waals surface area contributed by atoms with Gasteiger partial charge >= 0.3 is 0 Å². The second kappa shape index (κ2) is 9.45. The molecule has 2 aliphatic carbocycles. The smallest absolute Gasteiger partial charge is 0.254 e. The number of amides is 1. The second-order valence-corrected chi connectivity index (χ2v) is 10.9. The molecule has 7 nitrogen and oxygen atoms in total. The highest BCUT2D eigenvalue weighted by atomic mass is 19.1. The maximum atomic E-state index is 15.4. The van der Waals surface area contributed by atoms with Crippen molar-refractivity contribution in [3.05, 3.63) is 95.7 Å². The fourth-order valence-corrected chi connectivity index (χ4v) is 5.98. The Hall–Kier alpha value is -4.24. The van der Waals surface area contributed by atoms with E-state index in [1.807, 2.05) is 22.6 Å². The summed E-state index contributed by atoms with van der Waals surface area (Å²) in [6.07, 6.45) is 10.6. The molecule has 3 aromatic heterocycles. The van der Waals surface area contributed by atoms with E-state index in [4.69, 9.17) is 0 Å². The van der Waals surface area contributed by atoms with Gasteiger partial charge in [0.25, 0.3) is 5.91 Å². The maximum Gasteiger partial charge on any atom is 0.254 e. The molecule has 2 N–H and O–H groups in total. The lowest BCUT2D eigenvalue weighted by Gasteiger charge is -2.26. The quantitative estimate of drug-likeness (QED) is 0.315. The molecule has 7 rings (SSSR count). The molecule has 0 radical (unpaired) electrons. The molecule has 0 saturated heterocycles. The van der Waals surface area contributed by atoms with E-state index in [2.05, 4.69) is 32.4 Å². The van der Waals surface area contributed by atoms with E-state index in [9.17, 15) is 9.90 Å². The SMILES string of the molecule is O=C(NC1CCC(O)CC1)c1cc(F)c(-c2cnc3ncc(C4(c5ccc6ncccc6c5)CC4)n3c2)cc1F. The average molecular weight is 540 g/mol. The first-order chi connectivity index (χ1) is 19.4. The van der Waals surface area contributed by atoms with E-state index in [0.29, 0.717) is 37.0 Å². The van der Waals surface area contributed by atoms with Crippen LogP contribution in [0.4, 0.5) is 8.78 Å². The molecule has 0 atom stereocenters. The van der Waals surface area contributed by atoms with E-state index in [1.165, 1.54) is 6.20 Å². The number of hydrogen-bond acceptors (Lipinski definition) is 5. The number of hydrogen-bond donors (Lipinski definition) is 2. The number of fused-ring (bicyclic) bond motifs is 2. The van der Waals surface area contributed by atoms with Gasteiger partial charge in [0.15, 0.2) is 0 Å². The Kier molecular flexibility index (Phi) is 5.85. The number of imidazole rings is 1. The Balaban J connectivity index is 1.21. The average Bonchev–Trinajstić information content (AvgIpc) is 3.67. The molecule has 5 aromatic rings. The lowest BCUT2D eigenvalue weighted by molar-refractivity contribution is 0.0863. The largest absolute Gasteiger partial charge is 0.393 e. The van der Waals surface area contributed by atoms with Crippen LogP contribution in [0.15, 0.2) is 67.3 Å². The highest BCUT2D eigenvalue weighted by Gasteiger charge is 2.48. The summed E-state index contributed by atoms with van der Waals surface area (Å²) in [4.78, 5) is 26.1. The molecule has 9 heteroatoms. The third-order valence-corrected chi connectivity index (χ3v) is 8.40. The van der Waals surface area contributed by atoms with Gasteiger partial charge in [0.1, 0.15) is 11.6 Å². The summed E-state index contributed by atoms with van der Waals surface area (Å²) in [5, 5.41) is 13.5. The van der Waals surface area contributed by atoms with Crippen LogP contribution in [0.1, 0.15) is 60.1 Å². The van der Waals surface area contributed by atoms with Crippen molar-refractivity contribution in [2.24, 2.45) is 0 Å². The molecule has 2 aliphatic rings. The molecule has 2 aromatic carbocycles. The van der Waals surface area contributed by atoms with Gasteiger partial charge in [0, 0.05) is 46.6 Å². The fraction of sp³-hybridized carbons (Fsp3) is 0.290. The number of nitrogens with zero attached hydrogens (tertiary/aromatic N) is 4. The predicted molar refractivity (Wildman–Crippen MR) is 146 cm³/mol. The first-order valence-electron chi connectivity index (χ1n) is 13.6. The number of aromatic nitrogens is 4. The summed E-state index contributed by atoms with van der Waals surface area (Å²) in [5.41, 5.74) is 2.84. The molecule has 0 bridgehead atoms. The summed E-state index contributed by atoms with van der Waals surface area (Å²) < 4.78 is 32.4. The molecule has 3 heterocycles. The summed E-state index contributed by atoms with van der Waals surface area (Å²) in [5.74, 6) is -1.70. The number of pyridine rings is 1. The standard InChI is InChI=1S/C31H27F2N5O2/c32-25-14-24(29(40)37-21-4-6-22(39)7-5-21)26(33)13-23(25)19-15-35-30-36-16-28(38(30)17-19)31(9-10-31)20-3-8-27-18(12-20)2-1-11-34-27/h1-3,8,11-17,21-22,39H,4-7,9-10H2,(H,37,40). The first-order valence-corrected chi connectivity index (χ1v) is 13.6. The third kappa shape index (κ3) is 4.21. The normalized spacial score (nSPS) is 20.1. The minimum Gasteiger partial charge on any atom is -0.393 e. The van der Waals surface area contributed by atoms with Crippen LogP contribution in [-0.4, -0.2) is 42.5 Å². The number of halogens is 2. The maximum absolute atomic E-state index is 15.4. The number of aliphatic hydroxyl groups excluding tert-OH is 1. The van der Waals surface area contributed by atoms with Gasteiger partial charge in [-0.3, -0.25) is 14.2 Å². The molecule has 1 amide bonds. The Morgan fingerprint density at radius 3 is 2.58 bits per heavy atom. The van der Waals surface area contributed by atoms with Crippen molar-refractivity contribution in [3.63, 3.8) is 0 Å². The van der Waals surface area contributed by atoms with Gasteiger partial charge in [-0.25, -0.2) is 18.7 Å². The van der Waals surface area contributed by atoms with Crippen molar-refractivity contribution in [1.82, 2.24) is 24.7 Å². The van der Waals surface area contributed by atoms with Crippen LogP contribution in [0.3, 0.4) is 0 Å². The highest BCUT2D eigenvalue weighted by Crippen LogP contribution is 2.53. The zero-order valence-electron chi connectivity index (χ0n) is 21.6. The van der Waals surface area contributed by atoms with E-state index in [-0.39, 0.29) is 28.7 Å². The Labute approximate surface area is 228 Å². The first kappa shape index (κ1) is 24.8. The van der Waals surface area contributed by atoms with Crippen molar-refractivity contribution in [2.75, 3.05) is 0 Å². The van der Waals surface area contributed by atoms with E-state index < -0.39 is 17.5 Å². The molecule has 202 valence electrons. The minimum atomic E-state index is -0.806. The van der Waals surface area contributed by atoms with E-state index in [1.54, 1.807) is 18.6 Å². The van der Waals surface area contributed by atoms with Crippen molar-refractivity contribution < 1.29 is 18.7 Å². The predicted octanol–water partition coefficient (Wildman–Crippen LogP) is 5.34. The highest BCUT2D eigenvalue weighted by molar-refractivity contribution is 5.95. The van der Waals surface area contributed by atoms with Crippen LogP contribution in [0.25, 0.3) is 27.8 Å². The Bertz CT molecular complexity index is 1770. The molecule has 0 spiro atoms. The number of rotatable bonds is 5. The zero-order valence-corrected chi connectivity index (χ0v) is 21.6. The molecule has 0 aliphatic heterocycles. The van der Waals surface area contributed by atoms with Crippen LogP contribution in [0.5, 0.6) is 0 Å². The number of aliphatic hydroxyl groups is 1. The fourth-order valence-electron chi connectivity index (χ4n) is 5.98. The number of carbonyl (C=O) groups is 1. The van der Waals surface area contributed by atoms with Gasteiger partial charge in [0.05, 0.1) is 29.1 Å². The van der Waals surface area contributed by atoms with Crippen LogP contribution in [-0.2, 0) is 5.41 Å². The molecule has 2 fully saturated rings. The van der Waals surface area contributed by atoms with Crippen molar-refractivity contribution >= 4 is 22.6 Å². The zero-order chi connectivity index (χ0) is 27.4. The summed E-state index contributed by atoms with van der Waals surface area (Å²) in [7, 11) is 0. The summed E-state index contributed by atoms with van der Waals surface area (Å²) in [6.45, 7) is 0. The number of benzene rings is 2. The van der Waals surface area contributed by atoms with Crippen molar-refractivity contribution in [2.45, 2.75) is 56.1 Å². The minimum absolute atomic E-state index is 0.0190. The van der Waals surface area contributed by atoms with Crippen molar-refractivity contribution in [1.29, 1.82) is 0 Å². The van der Waals surface area contributed by atoms with Crippen LogP contribution in [0, 0.1) is 11.6 Å².